The van der Waals surface area contributed by atoms with Gasteiger partial charge in [0.2, 0.25) is 0 Å². The molecule has 0 saturated carbocycles. The summed E-state index contributed by atoms with van der Waals surface area (Å²) in [5, 5.41) is 24.2. The fraction of sp³-hybridized carbons (Fsp3) is 0.818. The Morgan fingerprint density at radius 3 is 1.81 bits per heavy atom. The van der Waals surface area contributed by atoms with Crippen molar-refractivity contribution in [1.29, 1.82) is 10.5 Å². The minimum Gasteiger partial charge on any atom is -0.394 e. The Morgan fingerprint density at radius 1 is 0.938 bits per heavy atom. The Bertz CT molecular complexity index is 174. The SMILES string of the molecule is CCCOCCC#N.N#CCCOCCO. The first-order chi connectivity index (χ1) is 7.83. The Labute approximate surface area is 97.2 Å². The van der Waals surface area contributed by atoms with E-state index in [4.69, 9.17) is 25.1 Å². The first kappa shape index (κ1) is 17.3. The zero-order valence-electron chi connectivity index (χ0n) is 9.81. The molecule has 0 bridgehead atoms. The topological polar surface area (TPSA) is 86.3 Å². The van der Waals surface area contributed by atoms with E-state index in [0.717, 1.165) is 13.0 Å². The van der Waals surface area contributed by atoms with Crippen LogP contribution in [0.1, 0.15) is 26.2 Å². The maximum Gasteiger partial charge on any atom is 0.0698 e. The van der Waals surface area contributed by atoms with E-state index in [-0.39, 0.29) is 6.61 Å². The van der Waals surface area contributed by atoms with E-state index < -0.39 is 0 Å². The predicted octanol–water partition coefficient (Wildman–Crippen LogP) is 1.24. The van der Waals surface area contributed by atoms with Gasteiger partial charge >= 0.3 is 0 Å². The van der Waals surface area contributed by atoms with Crippen LogP contribution in [0.5, 0.6) is 0 Å². The maximum atomic E-state index is 8.16. The molecule has 0 aliphatic heterocycles. The smallest absolute Gasteiger partial charge is 0.0698 e. The highest BCUT2D eigenvalue weighted by Gasteiger charge is 1.82. The van der Waals surface area contributed by atoms with Gasteiger partial charge in [0.25, 0.3) is 0 Å². The van der Waals surface area contributed by atoms with E-state index in [1.54, 1.807) is 0 Å². The molecule has 0 aliphatic rings. The third-order valence-electron chi connectivity index (χ3n) is 1.30. The third kappa shape index (κ3) is 23.0. The van der Waals surface area contributed by atoms with Gasteiger partial charge in [-0.3, -0.25) is 0 Å². The lowest BCUT2D eigenvalue weighted by molar-refractivity contribution is 0.0961. The predicted molar refractivity (Wildman–Crippen MR) is 59.5 cm³/mol. The Morgan fingerprint density at radius 2 is 1.44 bits per heavy atom. The normalized spacial score (nSPS) is 8.50. The van der Waals surface area contributed by atoms with Gasteiger partial charge in [-0.05, 0) is 6.42 Å². The summed E-state index contributed by atoms with van der Waals surface area (Å²) in [6.45, 7) is 4.21. The Hall–Kier alpha value is -1.14. The Balaban J connectivity index is 0. The minimum atomic E-state index is 0.0332. The van der Waals surface area contributed by atoms with E-state index in [2.05, 4.69) is 0 Å². The second kappa shape index (κ2) is 19.4. The molecule has 0 fully saturated rings. The number of hydrogen-bond donors (Lipinski definition) is 1. The molecule has 5 nitrogen and oxygen atoms in total. The van der Waals surface area contributed by atoms with Gasteiger partial charge in [-0.15, -0.1) is 0 Å². The molecule has 0 atom stereocenters. The molecule has 0 heterocycles. The number of aliphatic hydroxyl groups is 1. The fourth-order valence-electron chi connectivity index (χ4n) is 0.649. The van der Waals surface area contributed by atoms with Crippen LogP contribution in [0, 0.1) is 22.7 Å². The zero-order valence-corrected chi connectivity index (χ0v) is 9.81. The highest BCUT2D eigenvalue weighted by Crippen LogP contribution is 1.81. The summed E-state index contributed by atoms with van der Waals surface area (Å²) in [7, 11) is 0. The quantitative estimate of drug-likeness (QED) is 0.631. The van der Waals surface area contributed by atoms with E-state index in [1.807, 2.05) is 19.1 Å². The largest absolute Gasteiger partial charge is 0.394 e. The first-order valence-corrected chi connectivity index (χ1v) is 5.33. The number of aliphatic hydroxyl groups excluding tert-OH is 1. The average Bonchev–Trinajstić information content (AvgIpc) is 2.31. The molecule has 5 heteroatoms. The molecule has 0 aromatic heterocycles. The van der Waals surface area contributed by atoms with Crippen LogP contribution in [0.3, 0.4) is 0 Å². The summed E-state index contributed by atoms with van der Waals surface area (Å²) in [6.07, 6.45) is 1.95. The molecule has 0 aromatic carbocycles. The lowest BCUT2D eigenvalue weighted by atomic mass is 10.5. The number of rotatable bonds is 8. The van der Waals surface area contributed by atoms with Gasteiger partial charge in [0.05, 0.1) is 51.4 Å². The van der Waals surface area contributed by atoms with Crippen molar-refractivity contribution in [2.24, 2.45) is 0 Å². The van der Waals surface area contributed by atoms with Crippen LogP contribution in [0.2, 0.25) is 0 Å². The third-order valence-corrected chi connectivity index (χ3v) is 1.30. The average molecular weight is 228 g/mol. The van der Waals surface area contributed by atoms with E-state index in [0.29, 0.717) is 32.7 Å². The van der Waals surface area contributed by atoms with Crippen molar-refractivity contribution < 1.29 is 14.6 Å². The number of ether oxygens (including phenoxy) is 2. The molecule has 1 N–H and O–H groups in total. The highest BCUT2D eigenvalue weighted by molar-refractivity contribution is 4.67. The van der Waals surface area contributed by atoms with Crippen molar-refractivity contribution in [2.45, 2.75) is 26.2 Å². The van der Waals surface area contributed by atoms with Crippen LogP contribution in [-0.4, -0.2) is 38.1 Å². The van der Waals surface area contributed by atoms with Gasteiger partial charge in [-0.25, -0.2) is 0 Å². The Kier molecular flexibility index (Phi) is 21.0. The number of hydrogen-bond acceptors (Lipinski definition) is 5. The first-order valence-electron chi connectivity index (χ1n) is 5.33. The van der Waals surface area contributed by atoms with Crippen molar-refractivity contribution >= 4 is 0 Å². The lowest BCUT2D eigenvalue weighted by Gasteiger charge is -1.94. The van der Waals surface area contributed by atoms with E-state index >= 15 is 0 Å². The molecule has 0 rings (SSSR count). The van der Waals surface area contributed by atoms with Crippen LogP contribution >= 0.6 is 0 Å². The second-order valence-electron chi connectivity index (χ2n) is 2.76. The summed E-state index contributed by atoms with van der Waals surface area (Å²) < 4.78 is 9.75. The van der Waals surface area contributed by atoms with Gasteiger partial charge < -0.3 is 14.6 Å². The van der Waals surface area contributed by atoms with Gasteiger partial charge in [0, 0.05) is 6.61 Å². The van der Waals surface area contributed by atoms with Crippen LogP contribution in [0.15, 0.2) is 0 Å². The molecule has 0 unspecified atom stereocenters. The molecule has 0 aliphatic carbocycles. The molecular formula is C11H20N2O3. The standard InChI is InChI=1S/C6H11NO.C5H9NO2/c1-2-5-8-6-3-4-7;6-2-1-4-8-5-3-7/h2-3,5-6H2,1H3;7H,1,3-5H2. The van der Waals surface area contributed by atoms with Crippen molar-refractivity contribution in [3.05, 3.63) is 0 Å². The minimum absolute atomic E-state index is 0.0332. The fourth-order valence-corrected chi connectivity index (χ4v) is 0.649. The van der Waals surface area contributed by atoms with Gasteiger partial charge in [-0.2, -0.15) is 10.5 Å². The van der Waals surface area contributed by atoms with Gasteiger partial charge in [-0.1, -0.05) is 6.92 Å². The van der Waals surface area contributed by atoms with Crippen LogP contribution < -0.4 is 0 Å². The molecule has 0 aromatic rings. The van der Waals surface area contributed by atoms with E-state index in [1.165, 1.54) is 0 Å². The highest BCUT2D eigenvalue weighted by atomic mass is 16.5. The molecule has 16 heavy (non-hydrogen) atoms. The summed E-state index contributed by atoms with van der Waals surface area (Å²) in [4.78, 5) is 0. The van der Waals surface area contributed by atoms with Crippen molar-refractivity contribution in [1.82, 2.24) is 0 Å². The van der Waals surface area contributed by atoms with Gasteiger partial charge in [0.15, 0.2) is 0 Å². The van der Waals surface area contributed by atoms with E-state index in [9.17, 15) is 0 Å². The molecule has 0 radical (unpaired) electrons. The molecule has 0 saturated heterocycles. The van der Waals surface area contributed by atoms with Gasteiger partial charge in [0.1, 0.15) is 0 Å². The lowest BCUT2D eigenvalue weighted by Crippen LogP contribution is -1.99. The van der Waals surface area contributed by atoms with Crippen molar-refractivity contribution in [2.75, 3.05) is 33.0 Å². The van der Waals surface area contributed by atoms with Crippen molar-refractivity contribution in [3.8, 4) is 12.1 Å². The zero-order chi connectivity index (χ0) is 12.5. The number of nitrogens with zero attached hydrogens (tertiary/aromatic N) is 2. The molecular weight excluding hydrogens is 208 g/mol. The molecule has 0 spiro atoms. The molecule has 0 amide bonds. The van der Waals surface area contributed by atoms with Crippen LogP contribution in [-0.2, 0) is 9.47 Å². The second-order valence-corrected chi connectivity index (χ2v) is 2.76. The molecule has 92 valence electrons. The van der Waals surface area contributed by atoms with Crippen molar-refractivity contribution in [3.63, 3.8) is 0 Å². The monoisotopic (exact) mass is 228 g/mol. The summed E-state index contributed by atoms with van der Waals surface area (Å²) >= 11 is 0. The summed E-state index contributed by atoms with van der Waals surface area (Å²) in [6, 6.07) is 3.92. The van der Waals surface area contributed by atoms with Crippen LogP contribution in [0.25, 0.3) is 0 Å². The maximum absolute atomic E-state index is 8.16. The van der Waals surface area contributed by atoms with Crippen LogP contribution in [0.4, 0.5) is 0 Å². The summed E-state index contributed by atoms with van der Waals surface area (Å²) in [5.41, 5.74) is 0. The number of nitriles is 2. The summed E-state index contributed by atoms with van der Waals surface area (Å²) in [5.74, 6) is 0.